The number of aliphatic imine (C=N–C) groups is 1. The number of aryl methyl sites for hydroxylation is 2. The Labute approximate surface area is 188 Å². The molecule has 1 unspecified atom stereocenters. The summed E-state index contributed by atoms with van der Waals surface area (Å²) in [4.78, 5) is 4.22. The summed E-state index contributed by atoms with van der Waals surface area (Å²) < 4.78 is 2.00. The summed E-state index contributed by atoms with van der Waals surface area (Å²) in [6.45, 7) is 2.77. The molecule has 4 rings (SSSR count). The van der Waals surface area contributed by atoms with Gasteiger partial charge >= 0.3 is 0 Å². The van der Waals surface area contributed by atoms with Gasteiger partial charge in [-0.25, -0.2) is 4.68 Å². The molecule has 1 aliphatic rings. The van der Waals surface area contributed by atoms with Crippen molar-refractivity contribution < 1.29 is 0 Å². The van der Waals surface area contributed by atoms with Gasteiger partial charge in [-0.1, -0.05) is 29.5 Å². The smallest absolute Gasteiger partial charge is 0.0918 e. The van der Waals surface area contributed by atoms with E-state index in [1.807, 2.05) is 43.2 Å². The number of nitrogens with zero attached hydrogens (tertiary/aromatic N) is 5. The number of fused-ring (bicyclic) bond motifs is 3. The minimum Gasteiger partial charge on any atom is -0.393 e. The highest BCUT2D eigenvalue weighted by molar-refractivity contribution is 6.09. The van der Waals surface area contributed by atoms with Crippen LogP contribution in [0.4, 0.5) is 5.69 Å². The average Bonchev–Trinajstić information content (AvgIpc) is 3.09. The van der Waals surface area contributed by atoms with Gasteiger partial charge in [0.25, 0.3) is 0 Å². The van der Waals surface area contributed by atoms with Crippen molar-refractivity contribution in [3.8, 4) is 17.3 Å². The lowest BCUT2D eigenvalue weighted by molar-refractivity contribution is 0.539. The van der Waals surface area contributed by atoms with Gasteiger partial charge in [0.2, 0.25) is 0 Å². The van der Waals surface area contributed by atoms with E-state index in [2.05, 4.69) is 62.3 Å². The largest absolute Gasteiger partial charge is 0.393 e. The maximum atomic E-state index is 9.06. The maximum Gasteiger partial charge on any atom is 0.0918 e. The number of allylic oxidation sites excluding steroid dienone is 1. The molecule has 0 spiro atoms. The van der Waals surface area contributed by atoms with E-state index in [-0.39, 0.29) is 6.04 Å². The van der Waals surface area contributed by atoms with Crippen LogP contribution in [0.25, 0.3) is 16.8 Å². The number of hydrogen-bond acceptors (Lipinski definition) is 6. The van der Waals surface area contributed by atoms with E-state index < -0.39 is 0 Å². The van der Waals surface area contributed by atoms with Crippen molar-refractivity contribution in [3.05, 3.63) is 71.0 Å². The minimum absolute atomic E-state index is 0.0813. The van der Waals surface area contributed by atoms with Gasteiger partial charge in [0.1, 0.15) is 0 Å². The molecule has 0 amide bonds. The Morgan fingerprint density at radius 1 is 1.31 bits per heavy atom. The first-order valence-corrected chi connectivity index (χ1v) is 10.7. The second-order valence-electron chi connectivity index (χ2n) is 7.85. The summed E-state index contributed by atoms with van der Waals surface area (Å²) in [5, 5.41) is 24.6. The number of nitriles is 1. The molecule has 0 saturated carbocycles. The van der Waals surface area contributed by atoms with Crippen LogP contribution in [0.5, 0.6) is 0 Å². The van der Waals surface area contributed by atoms with Crippen LogP contribution in [0.2, 0.25) is 0 Å². The molecule has 0 bridgehead atoms. The Morgan fingerprint density at radius 3 is 2.97 bits per heavy atom. The van der Waals surface area contributed by atoms with Crippen LogP contribution < -0.4 is 10.6 Å². The molecule has 162 valence electrons. The highest BCUT2D eigenvalue weighted by Crippen LogP contribution is 2.38. The molecular formula is C25H27N7. The SMILES string of the molecule is CN=C/C(=C\NC)c1ccc2c(c1)C(Nc1cccc(CC#N)c1)CCn1nnc(C)c1-2. The highest BCUT2D eigenvalue weighted by atomic mass is 15.4. The number of benzene rings is 2. The van der Waals surface area contributed by atoms with Crippen molar-refractivity contribution in [2.75, 3.05) is 19.4 Å². The van der Waals surface area contributed by atoms with Crippen molar-refractivity contribution in [2.45, 2.75) is 32.4 Å². The molecule has 32 heavy (non-hydrogen) atoms. The number of aromatic nitrogens is 3. The summed E-state index contributed by atoms with van der Waals surface area (Å²) in [5.41, 5.74) is 8.45. The van der Waals surface area contributed by atoms with E-state index in [1.54, 1.807) is 7.05 Å². The fourth-order valence-electron chi connectivity index (χ4n) is 4.25. The summed E-state index contributed by atoms with van der Waals surface area (Å²) in [7, 11) is 3.66. The van der Waals surface area contributed by atoms with Crippen LogP contribution in [0.1, 0.15) is 34.8 Å². The molecule has 2 N–H and O–H groups in total. The zero-order valence-electron chi connectivity index (χ0n) is 18.6. The molecule has 2 heterocycles. The predicted octanol–water partition coefficient (Wildman–Crippen LogP) is 4.14. The molecule has 1 aromatic heterocycles. The Hall–Kier alpha value is -3.92. The van der Waals surface area contributed by atoms with Crippen LogP contribution in [-0.2, 0) is 13.0 Å². The van der Waals surface area contributed by atoms with Crippen molar-refractivity contribution >= 4 is 17.5 Å². The second-order valence-corrected chi connectivity index (χ2v) is 7.85. The van der Waals surface area contributed by atoms with Crippen LogP contribution in [0.3, 0.4) is 0 Å². The lowest BCUT2D eigenvalue weighted by atomic mass is 9.92. The van der Waals surface area contributed by atoms with Crippen LogP contribution >= 0.6 is 0 Å². The zero-order valence-corrected chi connectivity index (χ0v) is 18.6. The van der Waals surface area contributed by atoms with Gasteiger partial charge in [-0.15, -0.1) is 5.10 Å². The molecule has 2 aromatic carbocycles. The lowest BCUT2D eigenvalue weighted by Crippen LogP contribution is -2.13. The first-order valence-electron chi connectivity index (χ1n) is 10.7. The van der Waals surface area contributed by atoms with E-state index in [1.165, 1.54) is 5.56 Å². The van der Waals surface area contributed by atoms with Crippen molar-refractivity contribution in [3.63, 3.8) is 0 Å². The minimum atomic E-state index is 0.0813. The summed E-state index contributed by atoms with van der Waals surface area (Å²) in [6.07, 6.45) is 5.08. The first kappa shape index (κ1) is 21.3. The third-order valence-electron chi connectivity index (χ3n) is 5.67. The van der Waals surface area contributed by atoms with Crippen molar-refractivity contribution in [2.24, 2.45) is 4.99 Å². The molecular weight excluding hydrogens is 398 g/mol. The Bertz CT molecular complexity index is 1210. The monoisotopic (exact) mass is 425 g/mol. The summed E-state index contributed by atoms with van der Waals surface area (Å²) >= 11 is 0. The van der Waals surface area contributed by atoms with E-state index in [4.69, 9.17) is 5.26 Å². The zero-order chi connectivity index (χ0) is 22.5. The summed E-state index contributed by atoms with van der Waals surface area (Å²) in [5.74, 6) is 0. The van der Waals surface area contributed by atoms with Crippen molar-refractivity contribution in [1.82, 2.24) is 20.3 Å². The van der Waals surface area contributed by atoms with E-state index >= 15 is 0 Å². The molecule has 0 fully saturated rings. The molecule has 0 saturated heterocycles. The molecule has 0 aliphatic carbocycles. The quantitative estimate of drug-likeness (QED) is 0.579. The number of anilines is 1. The molecule has 7 heteroatoms. The van der Waals surface area contributed by atoms with E-state index in [9.17, 15) is 0 Å². The maximum absolute atomic E-state index is 9.06. The van der Waals surface area contributed by atoms with Crippen LogP contribution in [0, 0.1) is 18.3 Å². The Kier molecular flexibility index (Phi) is 6.31. The third kappa shape index (κ3) is 4.26. The van der Waals surface area contributed by atoms with Gasteiger partial charge in [0.05, 0.1) is 29.9 Å². The molecule has 1 aliphatic heterocycles. The van der Waals surface area contributed by atoms with Crippen LogP contribution in [0.15, 0.2) is 53.7 Å². The average molecular weight is 426 g/mol. The topological polar surface area (TPSA) is 90.9 Å². The standard InChI is InChI=1S/C25H27N7/c1-17-25-22-8-7-19(20(15-27-2)16-28-3)14-23(22)24(10-12-32(25)31-30-17)29-21-6-4-5-18(13-21)9-11-26/h4-8,13-16,24,27,29H,9-10,12H2,1-3H3/b20-15+,28-16?. The normalized spacial score (nSPS) is 15.6. The van der Waals surface area contributed by atoms with Gasteiger partial charge in [0.15, 0.2) is 0 Å². The van der Waals surface area contributed by atoms with Crippen molar-refractivity contribution in [1.29, 1.82) is 5.26 Å². The van der Waals surface area contributed by atoms with E-state index in [0.717, 1.165) is 52.3 Å². The third-order valence-corrected chi connectivity index (χ3v) is 5.67. The van der Waals surface area contributed by atoms with Gasteiger partial charge in [-0.05, 0) is 48.2 Å². The van der Waals surface area contributed by atoms with Gasteiger partial charge in [0, 0.05) is 49.9 Å². The Morgan fingerprint density at radius 2 is 2.19 bits per heavy atom. The molecule has 0 radical (unpaired) electrons. The lowest BCUT2D eigenvalue weighted by Gasteiger charge is -2.22. The fourth-order valence-corrected chi connectivity index (χ4v) is 4.25. The van der Waals surface area contributed by atoms with E-state index in [0.29, 0.717) is 6.42 Å². The predicted molar refractivity (Wildman–Crippen MR) is 128 cm³/mol. The van der Waals surface area contributed by atoms with Gasteiger partial charge in [-0.2, -0.15) is 5.26 Å². The molecule has 1 atom stereocenters. The second kappa shape index (κ2) is 9.48. The molecule has 3 aromatic rings. The van der Waals surface area contributed by atoms with Gasteiger partial charge < -0.3 is 10.6 Å². The number of hydrogen-bond donors (Lipinski definition) is 2. The molecule has 7 nitrogen and oxygen atoms in total. The fraction of sp³-hybridized carbons (Fsp3) is 0.280. The summed E-state index contributed by atoms with van der Waals surface area (Å²) in [6, 6.07) is 16.9. The van der Waals surface area contributed by atoms with Gasteiger partial charge in [-0.3, -0.25) is 4.99 Å². The Balaban J connectivity index is 1.81. The first-order chi connectivity index (χ1) is 15.6. The highest BCUT2D eigenvalue weighted by Gasteiger charge is 2.26. The number of nitrogens with one attached hydrogen (secondary N) is 2. The number of rotatable bonds is 6. The van der Waals surface area contributed by atoms with Crippen LogP contribution in [-0.4, -0.2) is 35.3 Å².